The summed E-state index contributed by atoms with van der Waals surface area (Å²) >= 11 is 0. The lowest BCUT2D eigenvalue weighted by atomic mass is 9.87. The fourth-order valence-electron chi connectivity index (χ4n) is 2.57. The van der Waals surface area contributed by atoms with Gasteiger partial charge in [-0.1, -0.05) is 12.8 Å². The van der Waals surface area contributed by atoms with Crippen LogP contribution in [0.5, 0.6) is 0 Å². The average Bonchev–Trinajstić information content (AvgIpc) is 2.85. The molecule has 1 aliphatic carbocycles. The van der Waals surface area contributed by atoms with E-state index in [1.807, 2.05) is 0 Å². The highest BCUT2D eigenvalue weighted by molar-refractivity contribution is 7.89. The van der Waals surface area contributed by atoms with Crippen LogP contribution in [-0.2, 0) is 10.0 Å². The molecule has 0 radical (unpaired) electrons. The van der Waals surface area contributed by atoms with Crippen LogP contribution in [0.3, 0.4) is 0 Å². The van der Waals surface area contributed by atoms with Gasteiger partial charge in [0, 0.05) is 17.6 Å². The van der Waals surface area contributed by atoms with Crippen LogP contribution in [0.15, 0.2) is 29.2 Å². The molecule has 0 amide bonds. The van der Waals surface area contributed by atoms with E-state index in [1.165, 1.54) is 12.1 Å². The van der Waals surface area contributed by atoms with E-state index in [0.717, 1.165) is 31.4 Å². The summed E-state index contributed by atoms with van der Waals surface area (Å²) in [5.74, 6) is 0. The van der Waals surface area contributed by atoms with Gasteiger partial charge in [0.15, 0.2) is 0 Å². The van der Waals surface area contributed by atoms with Crippen LogP contribution >= 0.6 is 0 Å². The second kappa shape index (κ2) is 5.48. The first-order valence-electron chi connectivity index (χ1n) is 6.43. The molecule has 2 rings (SSSR count). The van der Waals surface area contributed by atoms with Gasteiger partial charge in [0.1, 0.15) is 0 Å². The van der Waals surface area contributed by atoms with E-state index in [2.05, 4.69) is 5.32 Å². The predicted molar refractivity (Wildman–Crippen MR) is 74.3 cm³/mol. The summed E-state index contributed by atoms with van der Waals surface area (Å²) in [6.45, 7) is 0.896. The Labute approximate surface area is 113 Å². The Morgan fingerprint density at radius 1 is 1.21 bits per heavy atom. The van der Waals surface area contributed by atoms with Gasteiger partial charge < -0.3 is 10.4 Å². The number of benzene rings is 1. The normalized spacial score (nSPS) is 18.4. The summed E-state index contributed by atoms with van der Waals surface area (Å²) in [5.41, 5.74) is 0.811. The number of hydrogen-bond acceptors (Lipinski definition) is 4. The molecule has 0 saturated heterocycles. The zero-order valence-electron chi connectivity index (χ0n) is 10.8. The summed E-state index contributed by atoms with van der Waals surface area (Å²) in [7, 11) is -3.63. The van der Waals surface area contributed by atoms with Gasteiger partial charge in [-0.3, -0.25) is 0 Å². The number of hydrogen-bond donors (Lipinski definition) is 3. The van der Waals surface area contributed by atoms with Gasteiger partial charge >= 0.3 is 0 Å². The fraction of sp³-hybridized carbons (Fsp3) is 0.538. The van der Waals surface area contributed by atoms with Gasteiger partial charge in [0.25, 0.3) is 0 Å². The highest BCUT2D eigenvalue weighted by Gasteiger charge is 2.32. The maximum Gasteiger partial charge on any atom is 0.238 e. The fourth-order valence-corrected chi connectivity index (χ4v) is 3.08. The Balaban J connectivity index is 2.00. The first-order valence-corrected chi connectivity index (χ1v) is 7.97. The lowest BCUT2D eigenvalue weighted by molar-refractivity contribution is 0.142. The van der Waals surface area contributed by atoms with Crippen LogP contribution in [0.2, 0.25) is 0 Å². The molecule has 19 heavy (non-hydrogen) atoms. The third-order valence-electron chi connectivity index (χ3n) is 3.85. The largest absolute Gasteiger partial charge is 0.396 e. The van der Waals surface area contributed by atoms with E-state index in [4.69, 9.17) is 5.14 Å². The highest BCUT2D eigenvalue weighted by atomic mass is 32.2. The summed E-state index contributed by atoms with van der Waals surface area (Å²) in [4.78, 5) is 0.107. The predicted octanol–water partition coefficient (Wildman–Crippen LogP) is 1.30. The van der Waals surface area contributed by atoms with Gasteiger partial charge in [-0.2, -0.15) is 0 Å². The minimum absolute atomic E-state index is 0.0292. The molecular weight excluding hydrogens is 264 g/mol. The van der Waals surface area contributed by atoms with E-state index >= 15 is 0 Å². The van der Waals surface area contributed by atoms with Crippen molar-refractivity contribution in [3.8, 4) is 0 Å². The van der Waals surface area contributed by atoms with Crippen LogP contribution in [0.25, 0.3) is 0 Å². The van der Waals surface area contributed by atoms with Crippen molar-refractivity contribution in [3.63, 3.8) is 0 Å². The SMILES string of the molecule is NS(=O)(=O)c1ccc(NCC2(CO)CCCC2)cc1. The molecule has 1 saturated carbocycles. The summed E-state index contributed by atoms with van der Waals surface area (Å²) in [6, 6.07) is 6.36. The molecule has 6 heteroatoms. The summed E-state index contributed by atoms with van der Waals surface area (Å²) in [6.07, 6.45) is 4.39. The second-order valence-corrected chi connectivity index (χ2v) is 6.85. The molecule has 5 nitrogen and oxygen atoms in total. The molecule has 4 N–H and O–H groups in total. The van der Waals surface area contributed by atoms with Crippen molar-refractivity contribution in [1.29, 1.82) is 0 Å². The highest BCUT2D eigenvalue weighted by Crippen LogP contribution is 2.37. The smallest absolute Gasteiger partial charge is 0.238 e. The Hall–Kier alpha value is -1.11. The molecule has 0 atom stereocenters. The maximum atomic E-state index is 11.1. The number of sulfonamides is 1. The molecule has 0 aromatic heterocycles. The standard InChI is InChI=1S/C13H20N2O3S/c14-19(17,18)12-5-3-11(4-6-12)15-9-13(10-16)7-1-2-8-13/h3-6,15-16H,1-2,7-10H2,(H2,14,17,18). The number of primary sulfonamides is 1. The first kappa shape index (κ1) is 14.3. The Kier molecular flexibility index (Phi) is 4.13. The van der Waals surface area contributed by atoms with E-state index in [1.54, 1.807) is 12.1 Å². The van der Waals surface area contributed by atoms with Crippen LogP contribution in [0.1, 0.15) is 25.7 Å². The van der Waals surface area contributed by atoms with Crippen molar-refractivity contribution in [2.75, 3.05) is 18.5 Å². The van der Waals surface area contributed by atoms with Gasteiger partial charge in [0.2, 0.25) is 10.0 Å². The van der Waals surface area contributed by atoms with Crippen molar-refractivity contribution < 1.29 is 13.5 Å². The van der Waals surface area contributed by atoms with Crippen LogP contribution in [-0.4, -0.2) is 26.7 Å². The van der Waals surface area contributed by atoms with Crippen molar-refractivity contribution in [2.24, 2.45) is 10.6 Å². The number of rotatable bonds is 5. The zero-order valence-corrected chi connectivity index (χ0v) is 11.6. The number of anilines is 1. The molecule has 0 spiro atoms. The van der Waals surface area contributed by atoms with Gasteiger partial charge in [-0.25, -0.2) is 13.6 Å². The average molecular weight is 284 g/mol. The molecule has 0 aliphatic heterocycles. The van der Waals surface area contributed by atoms with Gasteiger partial charge in [-0.05, 0) is 37.1 Å². The Morgan fingerprint density at radius 3 is 2.26 bits per heavy atom. The maximum absolute atomic E-state index is 11.1. The molecule has 1 fully saturated rings. The van der Waals surface area contributed by atoms with E-state index in [0.29, 0.717) is 6.54 Å². The zero-order chi connectivity index (χ0) is 13.9. The molecule has 106 valence electrons. The van der Waals surface area contributed by atoms with Crippen molar-refractivity contribution in [2.45, 2.75) is 30.6 Å². The molecular formula is C13H20N2O3S. The lowest BCUT2D eigenvalue weighted by Gasteiger charge is -2.27. The van der Waals surface area contributed by atoms with Gasteiger partial charge in [0.05, 0.1) is 11.5 Å². The van der Waals surface area contributed by atoms with E-state index < -0.39 is 10.0 Å². The second-order valence-electron chi connectivity index (χ2n) is 5.29. The summed E-state index contributed by atoms with van der Waals surface area (Å²) < 4.78 is 22.3. The lowest BCUT2D eigenvalue weighted by Crippen LogP contribution is -2.30. The first-order chi connectivity index (χ1) is 8.95. The molecule has 1 aromatic carbocycles. The van der Waals surface area contributed by atoms with Crippen molar-refractivity contribution >= 4 is 15.7 Å². The van der Waals surface area contributed by atoms with Crippen molar-refractivity contribution in [3.05, 3.63) is 24.3 Å². The van der Waals surface area contributed by atoms with E-state index in [-0.39, 0.29) is 16.9 Å². The molecule has 0 unspecified atom stereocenters. The molecule has 1 aliphatic rings. The van der Waals surface area contributed by atoms with Crippen molar-refractivity contribution in [1.82, 2.24) is 0 Å². The topological polar surface area (TPSA) is 92.4 Å². The van der Waals surface area contributed by atoms with Crippen LogP contribution < -0.4 is 10.5 Å². The Bertz CT molecular complexity index is 519. The minimum Gasteiger partial charge on any atom is -0.396 e. The number of aliphatic hydroxyl groups is 1. The monoisotopic (exact) mass is 284 g/mol. The van der Waals surface area contributed by atoms with Crippen LogP contribution in [0.4, 0.5) is 5.69 Å². The third kappa shape index (κ3) is 3.46. The number of aliphatic hydroxyl groups excluding tert-OH is 1. The quantitative estimate of drug-likeness (QED) is 0.760. The minimum atomic E-state index is -3.63. The molecule has 0 heterocycles. The van der Waals surface area contributed by atoms with E-state index in [9.17, 15) is 13.5 Å². The Morgan fingerprint density at radius 2 is 1.79 bits per heavy atom. The van der Waals surface area contributed by atoms with Crippen LogP contribution in [0, 0.1) is 5.41 Å². The number of nitrogens with one attached hydrogen (secondary N) is 1. The summed E-state index contributed by atoms with van der Waals surface area (Å²) in [5, 5.41) is 17.8. The third-order valence-corrected chi connectivity index (χ3v) is 4.78. The molecule has 0 bridgehead atoms. The number of nitrogens with two attached hydrogens (primary N) is 1. The molecule has 1 aromatic rings. The van der Waals surface area contributed by atoms with Gasteiger partial charge in [-0.15, -0.1) is 0 Å².